The molecule has 37 heavy (non-hydrogen) atoms. The van der Waals surface area contributed by atoms with Gasteiger partial charge in [-0.3, -0.25) is 0 Å². The van der Waals surface area contributed by atoms with Crippen molar-refractivity contribution in [2.45, 2.75) is 169 Å². The van der Waals surface area contributed by atoms with Crippen molar-refractivity contribution in [2.24, 2.45) is 35.3 Å². The third-order valence-corrected chi connectivity index (χ3v) is 39.8. The summed E-state index contributed by atoms with van der Waals surface area (Å²) < 4.78 is 12.3. The van der Waals surface area contributed by atoms with Crippen molar-refractivity contribution >= 4 is 17.8 Å². The fourth-order valence-corrected chi connectivity index (χ4v) is 45.1. The van der Waals surface area contributed by atoms with Crippen LogP contribution >= 0.6 is 0 Å². The first-order valence-corrected chi connectivity index (χ1v) is 24.1. The van der Waals surface area contributed by atoms with E-state index in [0.717, 1.165) is 15.5 Å². The van der Waals surface area contributed by atoms with Crippen LogP contribution < -0.4 is 5.73 Å². The van der Waals surface area contributed by atoms with Gasteiger partial charge in [0, 0.05) is 0 Å². The van der Waals surface area contributed by atoms with E-state index in [-0.39, 0.29) is 12.1 Å². The van der Waals surface area contributed by atoms with Gasteiger partial charge in [-0.15, -0.1) is 0 Å². The maximum atomic E-state index is 12.1. The normalized spacial score (nSPS) is 49.9. The fourth-order valence-electron chi connectivity index (χ4n) is 13.0. The fraction of sp³-hybridized carbons (Fsp3) is 1.00. The average Bonchev–Trinajstić information content (AvgIpc) is 3.28. The van der Waals surface area contributed by atoms with Crippen LogP contribution in [0.1, 0.15) is 135 Å². The average molecular weight is 623 g/mol. The van der Waals surface area contributed by atoms with E-state index < -0.39 is 17.8 Å². The summed E-state index contributed by atoms with van der Waals surface area (Å²) in [5.41, 5.74) is 7.17. The topological polar surface area (TPSA) is 55.5 Å². The molecule has 6 aliphatic carbocycles. The van der Waals surface area contributed by atoms with Gasteiger partial charge in [-0.1, -0.05) is 0 Å². The van der Waals surface area contributed by atoms with Crippen LogP contribution in [0.2, 0.25) is 15.5 Å². The first-order valence-electron chi connectivity index (χ1n) is 17.2. The van der Waals surface area contributed by atoms with Gasteiger partial charge in [0.05, 0.1) is 0 Å². The minimum atomic E-state index is -3.82. The van der Waals surface area contributed by atoms with E-state index >= 15 is 0 Å². The van der Waals surface area contributed by atoms with E-state index in [4.69, 9.17) is 8.75 Å². The molecule has 0 spiro atoms. The first kappa shape index (κ1) is 26.6. The number of aliphatic hydroxyl groups excluding tert-OH is 1. The summed E-state index contributed by atoms with van der Waals surface area (Å²) in [7, 11) is 0. The van der Waals surface area contributed by atoms with E-state index in [9.17, 15) is 5.11 Å². The Bertz CT molecular complexity index is 767. The Morgan fingerprint density at radius 2 is 1.08 bits per heavy atom. The van der Waals surface area contributed by atoms with Gasteiger partial charge < -0.3 is 0 Å². The molecule has 0 bridgehead atoms. The van der Waals surface area contributed by atoms with Gasteiger partial charge >= 0.3 is 230 Å². The van der Waals surface area contributed by atoms with E-state index in [0.29, 0.717) is 35.7 Å². The standard InChI is InChI=1S/C15H25NO2.3C6H11.Sb/c1-8-6-7-11-12(13(8)16)15(18)10-5-3-2-4-9(10)14(11)17;3*1-2-4-6-5-3-1;/h7-15,18H,2-6,16H2,1H3;3*1H,2-6H2;/q-1;;;;+1. The molecule has 7 fully saturated rings. The molecule has 9 unspecified atom stereocenters. The summed E-state index contributed by atoms with van der Waals surface area (Å²) in [6.07, 6.45) is 29.0. The quantitative estimate of drug-likeness (QED) is 0.311. The zero-order chi connectivity index (χ0) is 25.2. The van der Waals surface area contributed by atoms with Gasteiger partial charge in [-0.25, -0.2) is 0 Å². The summed E-state index contributed by atoms with van der Waals surface area (Å²) in [6.45, 7) is 2.49. The minimum absolute atomic E-state index is 0.169. The molecule has 212 valence electrons. The monoisotopic (exact) mass is 621 g/mol. The van der Waals surface area contributed by atoms with Crippen LogP contribution in [0.5, 0.6) is 0 Å². The van der Waals surface area contributed by atoms with Crippen LogP contribution in [-0.4, -0.2) is 41.2 Å². The van der Waals surface area contributed by atoms with Crippen molar-refractivity contribution in [3.05, 3.63) is 0 Å². The second kappa shape index (κ2) is 10.2. The Kier molecular flexibility index (Phi) is 7.33. The summed E-state index contributed by atoms with van der Waals surface area (Å²) >= 11 is -3.82. The van der Waals surface area contributed by atoms with Crippen LogP contribution in [-0.2, 0) is 3.02 Å². The van der Waals surface area contributed by atoms with Gasteiger partial charge in [-0.2, -0.15) is 0 Å². The molecule has 0 aromatic carbocycles. The van der Waals surface area contributed by atoms with E-state index in [1.165, 1.54) is 128 Å². The number of rotatable bonds is 3. The van der Waals surface area contributed by atoms with E-state index in [2.05, 4.69) is 6.92 Å². The molecule has 6 saturated carbocycles. The molecule has 3 N–H and O–H groups in total. The summed E-state index contributed by atoms with van der Waals surface area (Å²) in [5.74, 6) is 2.52. The van der Waals surface area contributed by atoms with Crippen molar-refractivity contribution < 1.29 is 8.12 Å². The second-order valence-corrected chi connectivity index (χ2v) is 31.6. The Morgan fingerprint density at radius 1 is 0.622 bits per heavy atom. The zero-order valence-corrected chi connectivity index (χ0v) is 26.5. The molecule has 0 aromatic rings. The molecule has 1 saturated heterocycles. The molecule has 3 nitrogen and oxygen atoms in total. The molecule has 1 heterocycles. The number of fused-ring (bicyclic) bond motifs is 2. The third kappa shape index (κ3) is 3.67. The Balaban J connectivity index is 1.46. The van der Waals surface area contributed by atoms with Crippen molar-refractivity contribution in [3.63, 3.8) is 0 Å². The van der Waals surface area contributed by atoms with E-state index in [1.807, 2.05) is 0 Å². The summed E-state index contributed by atoms with van der Waals surface area (Å²) in [4.78, 5) is 0. The van der Waals surface area contributed by atoms with Crippen molar-refractivity contribution in [2.75, 3.05) is 0 Å². The summed E-state index contributed by atoms with van der Waals surface area (Å²) in [5, 5.41) is 12.1. The van der Waals surface area contributed by atoms with Crippen LogP contribution in [0.15, 0.2) is 0 Å². The molecular weight excluding hydrogens is 564 g/mol. The van der Waals surface area contributed by atoms with E-state index in [1.54, 1.807) is 0 Å². The van der Waals surface area contributed by atoms with Crippen molar-refractivity contribution in [1.82, 2.24) is 0 Å². The predicted octanol–water partition coefficient (Wildman–Crippen LogP) is 8.44. The maximum absolute atomic E-state index is 12.1. The van der Waals surface area contributed by atoms with Gasteiger partial charge in [0.15, 0.2) is 0 Å². The van der Waals surface area contributed by atoms with Crippen LogP contribution in [0.3, 0.4) is 0 Å². The molecule has 0 aromatic heterocycles. The Labute approximate surface area is 229 Å². The van der Waals surface area contributed by atoms with Gasteiger partial charge in [-0.05, 0) is 0 Å². The summed E-state index contributed by atoms with van der Waals surface area (Å²) in [6, 6.07) is 0.173. The molecule has 0 radical (unpaired) electrons. The number of hydrogen-bond acceptors (Lipinski definition) is 3. The van der Waals surface area contributed by atoms with Gasteiger partial charge in [0.25, 0.3) is 0 Å². The Morgan fingerprint density at radius 3 is 1.59 bits per heavy atom. The Hall–Kier alpha value is 0.698. The molecule has 1 aliphatic heterocycles. The number of nitrogens with two attached hydrogens (primary N) is 1. The number of hydrogen-bond donors (Lipinski definition) is 2. The second-order valence-electron chi connectivity index (χ2n) is 15.4. The predicted molar refractivity (Wildman–Crippen MR) is 155 cm³/mol. The molecule has 7 rings (SSSR count). The zero-order valence-electron chi connectivity index (χ0n) is 24.0. The molecule has 7 aliphatic rings. The van der Waals surface area contributed by atoms with Crippen LogP contribution in [0.4, 0.5) is 0 Å². The van der Waals surface area contributed by atoms with Crippen molar-refractivity contribution in [3.8, 4) is 0 Å². The SMILES string of the molecule is CC1C[CH]2C3C([O][Sb]2([CH]2CCCCC2)([CH]2CCCCC2)[CH]2CCCCC2)C2CCCCC2C(O)C3C1N. The van der Waals surface area contributed by atoms with Gasteiger partial charge in [0.2, 0.25) is 0 Å². The van der Waals surface area contributed by atoms with Crippen LogP contribution in [0.25, 0.3) is 0 Å². The first-order chi connectivity index (χ1) is 18.1. The van der Waals surface area contributed by atoms with Gasteiger partial charge in [0.1, 0.15) is 0 Å². The molecular formula is C33H58NO2Sb. The molecule has 9 atom stereocenters. The van der Waals surface area contributed by atoms with Crippen LogP contribution in [0, 0.1) is 29.6 Å². The van der Waals surface area contributed by atoms with Crippen molar-refractivity contribution in [1.29, 1.82) is 0 Å². The third-order valence-electron chi connectivity index (χ3n) is 14.3. The molecule has 0 amide bonds. The number of aliphatic hydroxyl groups is 1. The molecule has 4 heteroatoms.